The maximum atomic E-state index is 10.0. The highest BCUT2D eigenvalue weighted by molar-refractivity contribution is 5.85. The van der Waals surface area contributed by atoms with Crippen LogP contribution in [0.4, 0.5) is 0 Å². The van der Waals surface area contributed by atoms with Crippen LogP contribution in [-0.4, -0.2) is 17.7 Å². The third-order valence-corrected chi connectivity index (χ3v) is 2.85. The number of aliphatic hydroxyl groups excluding tert-OH is 1. The molecule has 0 spiro atoms. The van der Waals surface area contributed by atoms with Crippen molar-refractivity contribution in [2.24, 2.45) is 0 Å². The van der Waals surface area contributed by atoms with Gasteiger partial charge >= 0.3 is 0 Å². The predicted octanol–water partition coefficient (Wildman–Crippen LogP) is 3.19. The largest absolute Gasteiger partial charge is 0.458 e. The van der Waals surface area contributed by atoms with E-state index < -0.39 is 6.10 Å². The van der Waals surface area contributed by atoms with Crippen LogP contribution in [0.25, 0.3) is 11.0 Å². The number of aryl methyl sites for hydroxylation is 1. The fourth-order valence-electron chi connectivity index (χ4n) is 1.84. The minimum absolute atomic E-state index is 0. The molecule has 0 aliphatic carbocycles. The zero-order valence-corrected chi connectivity index (χ0v) is 11.8. The third kappa shape index (κ3) is 3.25. The maximum absolute atomic E-state index is 10.0. The molecule has 2 aromatic rings. The standard InChI is InChI=1S/C14H19NO2.ClH/c1-9(2)15-8-12(16)14-7-11-10(3)5-4-6-13(11)17-14;/h4-7,9,12,15-16H,8H2,1-3H3;1H. The lowest BCUT2D eigenvalue weighted by atomic mass is 10.1. The van der Waals surface area contributed by atoms with Crippen molar-refractivity contribution in [3.63, 3.8) is 0 Å². The van der Waals surface area contributed by atoms with Gasteiger partial charge in [0.05, 0.1) is 0 Å². The molecule has 0 saturated carbocycles. The lowest BCUT2D eigenvalue weighted by Crippen LogP contribution is -2.27. The Morgan fingerprint density at radius 3 is 2.67 bits per heavy atom. The minimum atomic E-state index is -0.593. The Labute approximate surface area is 114 Å². The molecule has 0 aliphatic heterocycles. The summed E-state index contributed by atoms with van der Waals surface area (Å²) in [5.74, 6) is 0.627. The van der Waals surface area contributed by atoms with E-state index >= 15 is 0 Å². The Kier molecular flexibility index (Phi) is 5.20. The maximum Gasteiger partial charge on any atom is 0.135 e. The van der Waals surface area contributed by atoms with Crippen LogP contribution in [0.2, 0.25) is 0 Å². The summed E-state index contributed by atoms with van der Waals surface area (Å²) in [6.07, 6.45) is -0.593. The predicted molar refractivity (Wildman–Crippen MR) is 76.3 cm³/mol. The average Bonchev–Trinajstić information content (AvgIpc) is 2.71. The van der Waals surface area contributed by atoms with Gasteiger partial charge in [0.25, 0.3) is 0 Å². The summed E-state index contributed by atoms with van der Waals surface area (Å²) in [5, 5.41) is 14.3. The van der Waals surface area contributed by atoms with Crippen molar-refractivity contribution in [3.8, 4) is 0 Å². The number of furan rings is 1. The molecule has 2 N–H and O–H groups in total. The Balaban J connectivity index is 0.00000162. The molecule has 1 aromatic heterocycles. The monoisotopic (exact) mass is 269 g/mol. The highest BCUT2D eigenvalue weighted by Crippen LogP contribution is 2.26. The van der Waals surface area contributed by atoms with Gasteiger partial charge in [-0.15, -0.1) is 12.4 Å². The van der Waals surface area contributed by atoms with Gasteiger partial charge in [-0.25, -0.2) is 0 Å². The van der Waals surface area contributed by atoms with Gasteiger partial charge in [-0.2, -0.15) is 0 Å². The zero-order valence-electron chi connectivity index (χ0n) is 10.9. The fourth-order valence-corrected chi connectivity index (χ4v) is 1.84. The van der Waals surface area contributed by atoms with Crippen molar-refractivity contribution in [1.29, 1.82) is 0 Å². The fraction of sp³-hybridized carbons (Fsp3) is 0.429. The molecule has 0 aliphatic rings. The Morgan fingerprint density at radius 1 is 1.33 bits per heavy atom. The molecule has 3 nitrogen and oxygen atoms in total. The van der Waals surface area contributed by atoms with Gasteiger partial charge in [0.15, 0.2) is 0 Å². The van der Waals surface area contributed by atoms with Gasteiger partial charge in [-0.05, 0) is 24.6 Å². The Bertz CT molecular complexity index is 507. The van der Waals surface area contributed by atoms with E-state index in [9.17, 15) is 5.11 Å². The number of halogens is 1. The van der Waals surface area contributed by atoms with Crippen molar-refractivity contribution in [3.05, 3.63) is 35.6 Å². The lowest BCUT2D eigenvalue weighted by Gasteiger charge is -2.11. The molecule has 0 amide bonds. The summed E-state index contributed by atoms with van der Waals surface area (Å²) >= 11 is 0. The zero-order chi connectivity index (χ0) is 12.4. The van der Waals surface area contributed by atoms with Gasteiger partial charge in [0.1, 0.15) is 17.4 Å². The number of aliphatic hydroxyl groups is 1. The van der Waals surface area contributed by atoms with Crippen LogP contribution in [0.1, 0.15) is 31.3 Å². The second-order valence-corrected chi connectivity index (χ2v) is 4.71. The highest BCUT2D eigenvalue weighted by Gasteiger charge is 2.14. The van der Waals surface area contributed by atoms with Crippen molar-refractivity contribution in [2.75, 3.05) is 6.54 Å². The van der Waals surface area contributed by atoms with E-state index in [-0.39, 0.29) is 12.4 Å². The Morgan fingerprint density at radius 2 is 2.06 bits per heavy atom. The summed E-state index contributed by atoms with van der Waals surface area (Å²) in [5.41, 5.74) is 2.00. The average molecular weight is 270 g/mol. The van der Waals surface area contributed by atoms with Crippen LogP contribution in [0.3, 0.4) is 0 Å². The molecule has 0 fully saturated rings. The molecule has 4 heteroatoms. The molecule has 1 aromatic carbocycles. The van der Waals surface area contributed by atoms with Crippen molar-refractivity contribution in [1.82, 2.24) is 5.32 Å². The van der Waals surface area contributed by atoms with Crippen LogP contribution in [-0.2, 0) is 0 Å². The van der Waals surface area contributed by atoms with E-state index in [1.54, 1.807) is 0 Å². The first kappa shape index (κ1) is 15.0. The van der Waals surface area contributed by atoms with Gasteiger partial charge in [0.2, 0.25) is 0 Å². The smallest absolute Gasteiger partial charge is 0.135 e. The molecule has 1 heterocycles. The first-order valence-electron chi connectivity index (χ1n) is 5.98. The van der Waals surface area contributed by atoms with Crippen molar-refractivity contribution in [2.45, 2.75) is 32.9 Å². The summed E-state index contributed by atoms with van der Waals surface area (Å²) in [7, 11) is 0. The summed E-state index contributed by atoms with van der Waals surface area (Å²) < 4.78 is 5.65. The number of hydrogen-bond acceptors (Lipinski definition) is 3. The molecule has 1 unspecified atom stereocenters. The molecule has 0 saturated heterocycles. The summed E-state index contributed by atoms with van der Waals surface area (Å²) in [6.45, 7) is 6.65. The molecule has 0 radical (unpaired) electrons. The number of fused-ring (bicyclic) bond motifs is 1. The molecular formula is C14H20ClNO2. The van der Waals surface area contributed by atoms with Gasteiger partial charge in [-0.3, -0.25) is 0 Å². The van der Waals surface area contributed by atoms with Crippen molar-refractivity contribution < 1.29 is 9.52 Å². The first-order chi connectivity index (χ1) is 8.08. The molecule has 100 valence electrons. The summed E-state index contributed by atoms with van der Waals surface area (Å²) in [4.78, 5) is 0. The van der Waals surface area contributed by atoms with E-state index in [1.807, 2.05) is 31.2 Å². The second kappa shape index (κ2) is 6.23. The number of hydrogen-bond donors (Lipinski definition) is 2. The van der Waals surface area contributed by atoms with Crippen LogP contribution in [0, 0.1) is 6.92 Å². The van der Waals surface area contributed by atoms with Crippen molar-refractivity contribution >= 4 is 23.4 Å². The molecule has 18 heavy (non-hydrogen) atoms. The van der Waals surface area contributed by atoms with Crippen LogP contribution < -0.4 is 5.32 Å². The second-order valence-electron chi connectivity index (χ2n) is 4.71. The molecular weight excluding hydrogens is 250 g/mol. The third-order valence-electron chi connectivity index (χ3n) is 2.85. The van der Waals surface area contributed by atoms with Crippen LogP contribution in [0.5, 0.6) is 0 Å². The number of nitrogens with one attached hydrogen (secondary N) is 1. The normalized spacial score (nSPS) is 12.7. The number of benzene rings is 1. The first-order valence-corrected chi connectivity index (χ1v) is 5.98. The van der Waals surface area contributed by atoms with Gasteiger partial charge in [-0.1, -0.05) is 26.0 Å². The quantitative estimate of drug-likeness (QED) is 0.896. The van der Waals surface area contributed by atoms with Gasteiger partial charge in [0, 0.05) is 18.0 Å². The van der Waals surface area contributed by atoms with Crippen LogP contribution >= 0.6 is 12.4 Å². The van der Waals surface area contributed by atoms with E-state index in [0.717, 1.165) is 11.0 Å². The molecule has 0 bridgehead atoms. The lowest BCUT2D eigenvalue weighted by molar-refractivity contribution is 0.147. The van der Waals surface area contributed by atoms with Gasteiger partial charge < -0.3 is 14.8 Å². The van der Waals surface area contributed by atoms with E-state index in [4.69, 9.17) is 4.42 Å². The highest BCUT2D eigenvalue weighted by atomic mass is 35.5. The summed E-state index contributed by atoms with van der Waals surface area (Å²) in [6, 6.07) is 8.21. The SMILES string of the molecule is Cc1cccc2oc(C(O)CNC(C)C)cc12.Cl. The van der Waals surface area contributed by atoms with E-state index in [1.165, 1.54) is 5.56 Å². The topological polar surface area (TPSA) is 45.4 Å². The van der Waals surface area contributed by atoms with Crippen LogP contribution in [0.15, 0.2) is 28.7 Å². The minimum Gasteiger partial charge on any atom is -0.458 e. The van der Waals surface area contributed by atoms with E-state index in [2.05, 4.69) is 19.2 Å². The molecule has 1 atom stereocenters. The molecule has 2 rings (SSSR count). The number of rotatable bonds is 4. The van der Waals surface area contributed by atoms with E-state index in [0.29, 0.717) is 18.3 Å². The Hall–Kier alpha value is -1.03.